The van der Waals surface area contributed by atoms with Crippen LogP contribution in [0.15, 0.2) is 24.3 Å². The van der Waals surface area contributed by atoms with E-state index < -0.39 is 0 Å². The van der Waals surface area contributed by atoms with Gasteiger partial charge in [0.15, 0.2) is 0 Å². The van der Waals surface area contributed by atoms with Crippen molar-refractivity contribution in [2.75, 3.05) is 26.3 Å². The van der Waals surface area contributed by atoms with E-state index in [4.69, 9.17) is 10.5 Å². The molecule has 0 saturated heterocycles. The van der Waals surface area contributed by atoms with E-state index in [9.17, 15) is 9.59 Å². The molecule has 0 aliphatic carbocycles. The van der Waals surface area contributed by atoms with Crippen LogP contribution in [0.2, 0.25) is 0 Å². The van der Waals surface area contributed by atoms with Crippen LogP contribution < -0.4 is 5.73 Å². The molecule has 0 atom stereocenters. The maximum absolute atomic E-state index is 12.1. The van der Waals surface area contributed by atoms with Gasteiger partial charge in [0.05, 0.1) is 11.1 Å². The Morgan fingerprint density at radius 1 is 0.950 bits per heavy atom. The molecule has 0 saturated carbocycles. The van der Waals surface area contributed by atoms with E-state index in [1.807, 2.05) is 0 Å². The lowest BCUT2D eigenvalue weighted by Gasteiger charge is -2.13. The van der Waals surface area contributed by atoms with Crippen LogP contribution in [0.5, 0.6) is 0 Å². The average Bonchev–Trinajstić information content (AvgIpc) is 2.71. The predicted molar refractivity (Wildman–Crippen MR) is 75.5 cm³/mol. The van der Waals surface area contributed by atoms with Crippen LogP contribution in [0.1, 0.15) is 40.0 Å². The monoisotopic (exact) mass is 276 g/mol. The van der Waals surface area contributed by atoms with Gasteiger partial charge in [-0.2, -0.15) is 0 Å². The number of amides is 2. The highest BCUT2D eigenvalue weighted by molar-refractivity contribution is 6.21. The second kappa shape index (κ2) is 7.17. The fraction of sp³-hybridized carbons (Fsp3) is 0.467. The number of imide groups is 1. The van der Waals surface area contributed by atoms with E-state index in [1.165, 1.54) is 4.90 Å². The quantitative estimate of drug-likeness (QED) is 0.576. The molecular weight excluding hydrogens is 256 g/mol. The molecule has 5 heteroatoms. The number of ether oxygens (including phenoxy) is 1. The Labute approximate surface area is 118 Å². The maximum atomic E-state index is 12.1. The smallest absolute Gasteiger partial charge is 0.261 e. The van der Waals surface area contributed by atoms with Crippen LogP contribution in [0.4, 0.5) is 0 Å². The molecule has 2 amide bonds. The number of unbranched alkanes of at least 4 members (excludes halogenated alkanes) is 1. The first-order valence-electron chi connectivity index (χ1n) is 6.98. The Morgan fingerprint density at radius 3 is 2.15 bits per heavy atom. The molecule has 1 aliphatic heterocycles. The fourth-order valence-corrected chi connectivity index (χ4v) is 2.20. The minimum atomic E-state index is -0.186. The number of fused-ring (bicyclic) bond motifs is 1. The third kappa shape index (κ3) is 3.23. The highest BCUT2D eigenvalue weighted by atomic mass is 16.5. The lowest BCUT2D eigenvalue weighted by atomic mass is 10.1. The minimum Gasteiger partial charge on any atom is -0.381 e. The molecule has 2 N–H and O–H groups in total. The van der Waals surface area contributed by atoms with Crippen LogP contribution in [0, 0.1) is 0 Å². The second-order valence-corrected chi connectivity index (χ2v) is 4.77. The zero-order valence-corrected chi connectivity index (χ0v) is 11.5. The number of hydrogen-bond acceptors (Lipinski definition) is 4. The van der Waals surface area contributed by atoms with Crippen molar-refractivity contribution >= 4 is 11.8 Å². The van der Waals surface area contributed by atoms with Crippen molar-refractivity contribution in [3.8, 4) is 0 Å². The largest absolute Gasteiger partial charge is 0.381 e. The number of nitrogens with two attached hydrogens (primary N) is 1. The van der Waals surface area contributed by atoms with Crippen molar-refractivity contribution in [2.24, 2.45) is 5.73 Å². The molecule has 5 nitrogen and oxygen atoms in total. The van der Waals surface area contributed by atoms with E-state index in [-0.39, 0.29) is 11.8 Å². The molecule has 1 heterocycles. The number of rotatable bonds is 8. The molecule has 1 aromatic rings. The Bertz CT molecular complexity index is 453. The number of nitrogens with zero attached hydrogens (tertiary/aromatic N) is 1. The number of carbonyl (C=O) groups is 2. The number of hydrogen-bond donors (Lipinski definition) is 1. The second-order valence-electron chi connectivity index (χ2n) is 4.77. The van der Waals surface area contributed by atoms with E-state index >= 15 is 0 Å². The van der Waals surface area contributed by atoms with Gasteiger partial charge in [-0.3, -0.25) is 14.5 Å². The molecule has 1 aromatic carbocycles. The fourth-order valence-electron chi connectivity index (χ4n) is 2.20. The molecule has 0 unspecified atom stereocenters. The van der Waals surface area contributed by atoms with Crippen molar-refractivity contribution in [3.63, 3.8) is 0 Å². The molecule has 0 fully saturated rings. The summed E-state index contributed by atoms with van der Waals surface area (Å²) >= 11 is 0. The van der Waals surface area contributed by atoms with Gasteiger partial charge in [0, 0.05) is 19.8 Å². The van der Waals surface area contributed by atoms with Crippen LogP contribution >= 0.6 is 0 Å². The summed E-state index contributed by atoms with van der Waals surface area (Å²) in [5, 5.41) is 0. The molecule has 1 aliphatic rings. The molecule has 0 spiro atoms. The molecule has 2 rings (SSSR count). The lowest BCUT2D eigenvalue weighted by molar-refractivity contribution is 0.0643. The summed E-state index contributed by atoms with van der Waals surface area (Å²) in [6.45, 7) is 2.40. The summed E-state index contributed by atoms with van der Waals surface area (Å²) in [4.78, 5) is 25.5. The summed E-state index contributed by atoms with van der Waals surface area (Å²) in [5.41, 5.74) is 6.38. The van der Waals surface area contributed by atoms with Gasteiger partial charge in [0.2, 0.25) is 0 Å². The number of carbonyl (C=O) groups excluding carboxylic acids is 2. The number of benzene rings is 1. The zero-order chi connectivity index (χ0) is 14.4. The summed E-state index contributed by atoms with van der Waals surface area (Å²) in [5.74, 6) is -0.371. The summed E-state index contributed by atoms with van der Waals surface area (Å²) < 4.78 is 5.39. The first kappa shape index (κ1) is 14.7. The summed E-state index contributed by atoms with van der Waals surface area (Å²) in [6, 6.07) is 6.95. The average molecular weight is 276 g/mol. The van der Waals surface area contributed by atoms with Crippen LogP contribution in [-0.2, 0) is 4.74 Å². The molecule has 20 heavy (non-hydrogen) atoms. The Kier molecular flexibility index (Phi) is 5.26. The van der Waals surface area contributed by atoms with Crippen molar-refractivity contribution in [1.82, 2.24) is 4.90 Å². The van der Waals surface area contributed by atoms with E-state index in [0.717, 1.165) is 19.3 Å². The minimum absolute atomic E-state index is 0.186. The third-order valence-electron chi connectivity index (χ3n) is 3.29. The predicted octanol–water partition coefficient (Wildman–Crippen LogP) is 1.43. The van der Waals surface area contributed by atoms with Gasteiger partial charge in [0.25, 0.3) is 11.8 Å². The van der Waals surface area contributed by atoms with Gasteiger partial charge in [0.1, 0.15) is 0 Å². The molecule has 0 radical (unpaired) electrons. The first-order chi connectivity index (χ1) is 9.75. The van der Waals surface area contributed by atoms with Crippen molar-refractivity contribution in [1.29, 1.82) is 0 Å². The molecule has 0 bridgehead atoms. The topological polar surface area (TPSA) is 72.6 Å². The summed E-state index contributed by atoms with van der Waals surface area (Å²) in [7, 11) is 0. The van der Waals surface area contributed by atoms with Crippen molar-refractivity contribution in [2.45, 2.75) is 19.3 Å². The SMILES string of the molecule is NCCCOCCCCN1C(=O)c2ccccc2C1=O. The standard InChI is InChI=1S/C15H20N2O3/c16-8-5-11-20-10-4-3-9-17-14(18)12-6-1-2-7-13(12)15(17)19/h1-2,6-7H,3-5,8-11,16H2. The molecule has 0 aromatic heterocycles. The Morgan fingerprint density at radius 2 is 1.55 bits per heavy atom. The van der Waals surface area contributed by atoms with Crippen molar-refractivity contribution < 1.29 is 14.3 Å². The van der Waals surface area contributed by atoms with E-state index in [2.05, 4.69) is 0 Å². The third-order valence-corrected chi connectivity index (χ3v) is 3.29. The zero-order valence-electron chi connectivity index (χ0n) is 11.5. The van der Waals surface area contributed by atoms with Gasteiger partial charge in [-0.15, -0.1) is 0 Å². The summed E-state index contributed by atoms with van der Waals surface area (Å²) in [6.07, 6.45) is 2.45. The normalized spacial score (nSPS) is 13.9. The van der Waals surface area contributed by atoms with Gasteiger partial charge in [-0.25, -0.2) is 0 Å². The molecular formula is C15H20N2O3. The van der Waals surface area contributed by atoms with E-state index in [1.54, 1.807) is 24.3 Å². The maximum Gasteiger partial charge on any atom is 0.261 e. The van der Waals surface area contributed by atoms with Crippen LogP contribution in [-0.4, -0.2) is 43.0 Å². The van der Waals surface area contributed by atoms with Gasteiger partial charge >= 0.3 is 0 Å². The highest BCUT2D eigenvalue weighted by Crippen LogP contribution is 2.22. The Hall–Kier alpha value is -1.72. The van der Waals surface area contributed by atoms with Gasteiger partial charge in [-0.1, -0.05) is 12.1 Å². The van der Waals surface area contributed by atoms with Gasteiger partial charge in [-0.05, 0) is 37.9 Å². The lowest BCUT2D eigenvalue weighted by Crippen LogP contribution is -2.30. The van der Waals surface area contributed by atoms with Crippen LogP contribution in [0.25, 0.3) is 0 Å². The highest BCUT2D eigenvalue weighted by Gasteiger charge is 2.34. The van der Waals surface area contributed by atoms with Crippen LogP contribution in [0.3, 0.4) is 0 Å². The molecule has 108 valence electrons. The van der Waals surface area contributed by atoms with Crippen molar-refractivity contribution in [3.05, 3.63) is 35.4 Å². The Balaban J connectivity index is 1.75. The first-order valence-corrected chi connectivity index (χ1v) is 6.98. The van der Waals surface area contributed by atoms with Gasteiger partial charge < -0.3 is 10.5 Å². The van der Waals surface area contributed by atoms with E-state index in [0.29, 0.717) is 37.4 Å².